The Hall–Kier alpha value is -2.64. The molecule has 6 nitrogen and oxygen atoms in total. The van der Waals surface area contributed by atoms with Gasteiger partial charge in [-0.25, -0.2) is 4.98 Å². The molecule has 19 heavy (non-hydrogen) atoms. The van der Waals surface area contributed by atoms with Crippen molar-refractivity contribution in [3.63, 3.8) is 0 Å². The number of aromatic nitrogens is 2. The van der Waals surface area contributed by atoms with E-state index in [4.69, 9.17) is 16.3 Å². The number of nitrogens with one attached hydrogen (secondary N) is 1. The molecule has 0 saturated carbocycles. The summed E-state index contributed by atoms with van der Waals surface area (Å²) in [6.07, 6.45) is 1.53. The van der Waals surface area contributed by atoms with Crippen LogP contribution in [-0.2, 0) is 0 Å². The fourth-order valence-electron chi connectivity index (χ4n) is 1.42. The van der Waals surface area contributed by atoms with E-state index in [1.165, 1.54) is 6.20 Å². The van der Waals surface area contributed by atoms with Crippen LogP contribution >= 0.6 is 15.9 Å². The number of nitrogen functional groups attached to an aromatic ring is 1. The van der Waals surface area contributed by atoms with Gasteiger partial charge in [0.05, 0.1) is 15.6 Å². The van der Waals surface area contributed by atoms with Gasteiger partial charge in [0, 0.05) is 11.9 Å². The SMILES string of the molecule is N#Cc1ccc(Nc2nc(N)ncc2Br)cc1C#N. The third-order valence-electron chi connectivity index (χ3n) is 2.29. The molecular formula is C12H7BrN6. The summed E-state index contributed by atoms with van der Waals surface area (Å²) in [7, 11) is 0. The molecule has 0 aliphatic heterocycles. The minimum absolute atomic E-state index is 0.139. The molecule has 0 aliphatic carbocycles. The lowest BCUT2D eigenvalue weighted by molar-refractivity contribution is 1.17. The summed E-state index contributed by atoms with van der Waals surface area (Å²) in [5.74, 6) is 0.626. The summed E-state index contributed by atoms with van der Waals surface area (Å²) >= 11 is 3.29. The minimum Gasteiger partial charge on any atom is -0.368 e. The predicted molar refractivity (Wildman–Crippen MR) is 73.3 cm³/mol. The number of benzene rings is 1. The first-order valence-electron chi connectivity index (χ1n) is 5.13. The monoisotopic (exact) mass is 314 g/mol. The van der Waals surface area contributed by atoms with Gasteiger partial charge in [0.2, 0.25) is 5.95 Å². The van der Waals surface area contributed by atoms with E-state index in [2.05, 4.69) is 31.2 Å². The molecule has 2 aromatic rings. The van der Waals surface area contributed by atoms with E-state index in [0.29, 0.717) is 27.1 Å². The fraction of sp³-hybridized carbons (Fsp3) is 0. The lowest BCUT2D eigenvalue weighted by atomic mass is 10.1. The number of rotatable bonds is 2. The normalized spacial score (nSPS) is 9.42. The third kappa shape index (κ3) is 2.79. The van der Waals surface area contributed by atoms with E-state index in [0.717, 1.165) is 0 Å². The molecule has 0 aliphatic rings. The summed E-state index contributed by atoms with van der Waals surface area (Å²) < 4.78 is 0.643. The summed E-state index contributed by atoms with van der Waals surface area (Å²) in [4.78, 5) is 7.85. The molecule has 0 atom stereocenters. The molecule has 92 valence electrons. The van der Waals surface area contributed by atoms with Gasteiger partial charge in [-0.1, -0.05) is 0 Å². The molecule has 0 fully saturated rings. The quantitative estimate of drug-likeness (QED) is 0.879. The summed E-state index contributed by atoms with van der Waals surface area (Å²) in [6.45, 7) is 0. The second-order valence-electron chi connectivity index (χ2n) is 3.53. The van der Waals surface area contributed by atoms with Gasteiger partial charge >= 0.3 is 0 Å². The van der Waals surface area contributed by atoms with E-state index in [1.807, 2.05) is 12.1 Å². The van der Waals surface area contributed by atoms with Crippen molar-refractivity contribution in [3.05, 3.63) is 40.0 Å². The maximum Gasteiger partial charge on any atom is 0.222 e. The Bertz CT molecular complexity index is 713. The third-order valence-corrected chi connectivity index (χ3v) is 2.87. The second-order valence-corrected chi connectivity index (χ2v) is 4.39. The molecule has 1 aromatic carbocycles. The average Bonchev–Trinajstić information content (AvgIpc) is 2.42. The molecule has 0 radical (unpaired) electrons. The Kier molecular flexibility index (Phi) is 3.60. The number of halogens is 1. The van der Waals surface area contributed by atoms with Crippen molar-refractivity contribution in [2.24, 2.45) is 0 Å². The molecule has 0 amide bonds. The second kappa shape index (κ2) is 5.34. The zero-order valence-electron chi connectivity index (χ0n) is 9.55. The van der Waals surface area contributed by atoms with Gasteiger partial charge in [-0.15, -0.1) is 0 Å². The number of anilines is 3. The van der Waals surface area contributed by atoms with E-state index >= 15 is 0 Å². The van der Waals surface area contributed by atoms with Crippen LogP contribution in [-0.4, -0.2) is 9.97 Å². The average molecular weight is 315 g/mol. The molecular weight excluding hydrogens is 308 g/mol. The van der Waals surface area contributed by atoms with Crippen LogP contribution in [0.5, 0.6) is 0 Å². The van der Waals surface area contributed by atoms with E-state index in [9.17, 15) is 0 Å². The number of hydrogen-bond donors (Lipinski definition) is 2. The first-order chi connectivity index (χ1) is 9.13. The summed E-state index contributed by atoms with van der Waals surface area (Å²) in [6, 6.07) is 8.75. The smallest absolute Gasteiger partial charge is 0.222 e. The van der Waals surface area contributed by atoms with Crippen LogP contribution in [0.4, 0.5) is 17.5 Å². The summed E-state index contributed by atoms with van der Waals surface area (Å²) in [5, 5.41) is 20.8. The van der Waals surface area contributed by atoms with E-state index < -0.39 is 0 Å². The van der Waals surface area contributed by atoms with Gasteiger partial charge in [0.1, 0.15) is 18.0 Å². The van der Waals surface area contributed by atoms with Gasteiger partial charge in [-0.05, 0) is 34.1 Å². The van der Waals surface area contributed by atoms with Gasteiger partial charge in [0.15, 0.2) is 0 Å². The first-order valence-corrected chi connectivity index (χ1v) is 5.92. The van der Waals surface area contributed by atoms with Crippen LogP contribution < -0.4 is 11.1 Å². The highest BCUT2D eigenvalue weighted by atomic mass is 79.9. The largest absolute Gasteiger partial charge is 0.368 e. The highest BCUT2D eigenvalue weighted by Crippen LogP contribution is 2.24. The number of nitrogens with two attached hydrogens (primary N) is 1. The molecule has 3 N–H and O–H groups in total. The first kappa shape index (κ1) is 12.8. The minimum atomic E-state index is 0.139. The number of nitrogens with zero attached hydrogens (tertiary/aromatic N) is 4. The Morgan fingerprint density at radius 3 is 2.63 bits per heavy atom. The number of hydrogen-bond acceptors (Lipinski definition) is 6. The van der Waals surface area contributed by atoms with Gasteiger partial charge < -0.3 is 11.1 Å². The lowest BCUT2D eigenvalue weighted by Crippen LogP contribution is -2.01. The van der Waals surface area contributed by atoms with E-state index in [1.54, 1.807) is 18.2 Å². The highest BCUT2D eigenvalue weighted by molar-refractivity contribution is 9.10. The van der Waals surface area contributed by atoms with Crippen molar-refractivity contribution in [3.8, 4) is 12.1 Å². The molecule has 0 saturated heterocycles. The van der Waals surface area contributed by atoms with Crippen LogP contribution in [0.3, 0.4) is 0 Å². The van der Waals surface area contributed by atoms with Crippen LogP contribution in [0.25, 0.3) is 0 Å². The Balaban J connectivity index is 2.37. The predicted octanol–water partition coefficient (Wildman–Crippen LogP) is 2.31. The van der Waals surface area contributed by atoms with Crippen LogP contribution in [0.15, 0.2) is 28.9 Å². The van der Waals surface area contributed by atoms with Crippen molar-refractivity contribution in [1.29, 1.82) is 10.5 Å². The molecule has 0 unspecified atom stereocenters. The fourth-order valence-corrected chi connectivity index (χ4v) is 1.71. The molecule has 1 heterocycles. The van der Waals surface area contributed by atoms with Crippen molar-refractivity contribution < 1.29 is 0 Å². The summed E-state index contributed by atoms with van der Waals surface area (Å²) in [5.41, 5.74) is 6.76. The van der Waals surface area contributed by atoms with Crippen LogP contribution in [0.2, 0.25) is 0 Å². The molecule has 7 heteroatoms. The Morgan fingerprint density at radius 2 is 1.95 bits per heavy atom. The lowest BCUT2D eigenvalue weighted by Gasteiger charge is -2.08. The van der Waals surface area contributed by atoms with Gasteiger partial charge in [0.25, 0.3) is 0 Å². The van der Waals surface area contributed by atoms with Crippen LogP contribution in [0, 0.1) is 22.7 Å². The van der Waals surface area contributed by atoms with E-state index in [-0.39, 0.29) is 5.95 Å². The zero-order chi connectivity index (χ0) is 13.8. The van der Waals surface area contributed by atoms with Crippen LogP contribution in [0.1, 0.15) is 11.1 Å². The number of nitriles is 2. The molecule has 2 rings (SSSR count). The standard InChI is InChI=1S/C12H7BrN6/c13-10-6-17-12(16)19-11(10)18-9-2-1-7(4-14)8(3-9)5-15/h1-3,6H,(H3,16,17,18,19). The topological polar surface area (TPSA) is 111 Å². The van der Waals surface area contributed by atoms with Gasteiger partial charge in [-0.3, -0.25) is 0 Å². The highest BCUT2D eigenvalue weighted by Gasteiger charge is 2.06. The maximum absolute atomic E-state index is 8.96. The molecule has 0 bridgehead atoms. The Labute approximate surface area is 117 Å². The van der Waals surface area contributed by atoms with Crippen molar-refractivity contribution in [1.82, 2.24) is 9.97 Å². The molecule has 0 spiro atoms. The van der Waals surface area contributed by atoms with Crippen molar-refractivity contribution in [2.45, 2.75) is 0 Å². The molecule has 1 aromatic heterocycles. The van der Waals surface area contributed by atoms with Crippen molar-refractivity contribution in [2.75, 3.05) is 11.1 Å². The Morgan fingerprint density at radius 1 is 1.21 bits per heavy atom. The van der Waals surface area contributed by atoms with Gasteiger partial charge in [-0.2, -0.15) is 15.5 Å². The maximum atomic E-state index is 8.96. The zero-order valence-corrected chi connectivity index (χ0v) is 11.1. The van der Waals surface area contributed by atoms with Crippen molar-refractivity contribution >= 4 is 33.4 Å².